The zero-order valence-electron chi connectivity index (χ0n) is 16.8. The van der Waals surface area contributed by atoms with Gasteiger partial charge in [-0.3, -0.25) is 4.79 Å². The summed E-state index contributed by atoms with van der Waals surface area (Å²) in [4.78, 5) is 12.2. The van der Waals surface area contributed by atoms with Crippen molar-refractivity contribution in [1.29, 1.82) is 0 Å². The van der Waals surface area contributed by atoms with Crippen molar-refractivity contribution in [2.24, 2.45) is 0 Å². The first-order valence-electron chi connectivity index (χ1n) is 9.63. The van der Waals surface area contributed by atoms with E-state index in [9.17, 15) is 4.79 Å². The molecule has 0 radical (unpaired) electrons. The van der Waals surface area contributed by atoms with Crippen LogP contribution in [0.3, 0.4) is 0 Å². The van der Waals surface area contributed by atoms with Crippen LogP contribution in [-0.2, 0) is 17.6 Å². The van der Waals surface area contributed by atoms with Crippen LogP contribution in [0.5, 0.6) is 11.5 Å². The highest BCUT2D eigenvalue weighted by Crippen LogP contribution is 2.16. The average Bonchev–Trinajstić information content (AvgIpc) is 2.76. The summed E-state index contributed by atoms with van der Waals surface area (Å²) in [5.41, 5.74) is 2.90. The number of carbonyl (C=O) groups excluding carboxylic acids is 1. The lowest BCUT2D eigenvalue weighted by Crippen LogP contribution is -2.35. The Bertz CT molecular complexity index is 958. The van der Waals surface area contributed by atoms with Crippen molar-refractivity contribution in [2.45, 2.75) is 12.8 Å². The van der Waals surface area contributed by atoms with Crippen LogP contribution >= 0.6 is 12.2 Å². The molecule has 0 aliphatic heterocycles. The zero-order chi connectivity index (χ0) is 21.2. The highest BCUT2D eigenvalue weighted by molar-refractivity contribution is 7.80. The zero-order valence-corrected chi connectivity index (χ0v) is 17.6. The van der Waals surface area contributed by atoms with Crippen molar-refractivity contribution in [3.8, 4) is 11.5 Å². The second kappa shape index (κ2) is 11.0. The molecule has 5 nitrogen and oxygen atoms in total. The second-order valence-electron chi connectivity index (χ2n) is 6.64. The molecule has 3 rings (SSSR count). The minimum absolute atomic E-state index is 0.182. The molecule has 154 valence electrons. The number of thiocarbonyl (C=S) groups is 1. The van der Waals surface area contributed by atoms with E-state index < -0.39 is 0 Å². The highest BCUT2D eigenvalue weighted by atomic mass is 32.1. The van der Waals surface area contributed by atoms with E-state index in [1.807, 2.05) is 66.7 Å². The van der Waals surface area contributed by atoms with E-state index >= 15 is 0 Å². The standard InChI is InChI=1S/C24H24N2O3S/c1-28-21-11-7-19(8-12-21)17-23(27)26-24(30)25-20-9-13-22(14-10-20)29-16-15-18-5-3-2-4-6-18/h2-14H,15-17H2,1H3,(H2,25,26,27,30). The van der Waals surface area contributed by atoms with Gasteiger partial charge in [-0.05, 0) is 59.7 Å². The van der Waals surface area contributed by atoms with Crippen LogP contribution in [0, 0.1) is 0 Å². The van der Waals surface area contributed by atoms with Crippen LogP contribution in [-0.4, -0.2) is 24.7 Å². The first-order valence-corrected chi connectivity index (χ1v) is 10.0. The minimum atomic E-state index is -0.182. The molecule has 0 bridgehead atoms. The molecular formula is C24H24N2O3S. The number of benzene rings is 3. The number of anilines is 1. The molecule has 0 aliphatic rings. The van der Waals surface area contributed by atoms with Crippen molar-refractivity contribution in [2.75, 3.05) is 19.0 Å². The predicted octanol–water partition coefficient (Wildman–Crippen LogP) is 4.37. The van der Waals surface area contributed by atoms with Gasteiger partial charge in [0.05, 0.1) is 20.1 Å². The Hall–Kier alpha value is -3.38. The van der Waals surface area contributed by atoms with Crippen molar-refractivity contribution in [1.82, 2.24) is 5.32 Å². The van der Waals surface area contributed by atoms with E-state index in [4.69, 9.17) is 21.7 Å². The van der Waals surface area contributed by atoms with Crippen molar-refractivity contribution < 1.29 is 14.3 Å². The van der Waals surface area contributed by atoms with Gasteiger partial charge >= 0.3 is 0 Å². The fourth-order valence-corrected chi connectivity index (χ4v) is 3.06. The third-order valence-corrected chi connectivity index (χ3v) is 4.60. The summed E-state index contributed by atoms with van der Waals surface area (Å²) < 4.78 is 10.9. The molecule has 0 saturated heterocycles. The quantitative estimate of drug-likeness (QED) is 0.530. The Morgan fingerprint density at radius 3 is 2.20 bits per heavy atom. The Labute approximate surface area is 182 Å². The molecule has 0 aliphatic carbocycles. The predicted molar refractivity (Wildman–Crippen MR) is 123 cm³/mol. The number of rotatable bonds is 8. The SMILES string of the molecule is COc1ccc(CC(=O)NC(=S)Nc2ccc(OCCc3ccccc3)cc2)cc1. The van der Waals surface area contributed by atoms with Crippen LogP contribution in [0.4, 0.5) is 5.69 Å². The van der Waals surface area contributed by atoms with Gasteiger partial charge in [0.15, 0.2) is 5.11 Å². The van der Waals surface area contributed by atoms with Crippen molar-refractivity contribution >= 4 is 28.9 Å². The third kappa shape index (κ3) is 6.90. The van der Waals surface area contributed by atoms with E-state index in [2.05, 4.69) is 22.8 Å². The molecule has 6 heteroatoms. The molecule has 3 aromatic rings. The molecule has 0 spiro atoms. The largest absolute Gasteiger partial charge is 0.497 e. The number of ether oxygens (including phenoxy) is 2. The molecule has 0 saturated carbocycles. The van der Waals surface area contributed by atoms with Gasteiger partial charge < -0.3 is 20.1 Å². The Morgan fingerprint density at radius 2 is 1.53 bits per heavy atom. The fourth-order valence-electron chi connectivity index (χ4n) is 2.83. The molecule has 0 aromatic heterocycles. The molecule has 0 fully saturated rings. The maximum atomic E-state index is 12.2. The van der Waals surface area contributed by atoms with Gasteiger partial charge in [-0.1, -0.05) is 42.5 Å². The summed E-state index contributed by atoms with van der Waals surface area (Å²) in [6, 6.07) is 25.0. The monoisotopic (exact) mass is 420 g/mol. The minimum Gasteiger partial charge on any atom is -0.497 e. The maximum absolute atomic E-state index is 12.2. The maximum Gasteiger partial charge on any atom is 0.230 e. The number of carbonyl (C=O) groups is 1. The van der Waals surface area contributed by atoms with Gasteiger partial charge in [0.2, 0.25) is 5.91 Å². The van der Waals surface area contributed by atoms with Gasteiger partial charge in [0.1, 0.15) is 11.5 Å². The van der Waals surface area contributed by atoms with E-state index in [0.717, 1.165) is 29.2 Å². The van der Waals surface area contributed by atoms with Crippen LogP contribution in [0.2, 0.25) is 0 Å². The van der Waals surface area contributed by atoms with Gasteiger partial charge in [0, 0.05) is 12.1 Å². The number of hydrogen-bond acceptors (Lipinski definition) is 4. The van der Waals surface area contributed by atoms with E-state index in [0.29, 0.717) is 6.61 Å². The summed E-state index contributed by atoms with van der Waals surface area (Å²) in [5.74, 6) is 1.35. The van der Waals surface area contributed by atoms with Crippen LogP contribution in [0.1, 0.15) is 11.1 Å². The van der Waals surface area contributed by atoms with Gasteiger partial charge in [-0.25, -0.2) is 0 Å². The average molecular weight is 421 g/mol. The normalized spacial score (nSPS) is 10.2. The van der Waals surface area contributed by atoms with Gasteiger partial charge in [-0.2, -0.15) is 0 Å². The lowest BCUT2D eigenvalue weighted by molar-refractivity contribution is -0.119. The van der Waals surface area contributed by atoms with Crippen molar-refractivity contribution in [3.63, 3.8) is 0 Å². The molecule has 0 unspecified atom stereocenters. The summed E-state index contributed by atoms with van der Waals surface area (Å²) in [6.07, 6.45) is 1.09. The Kier molecular flexibility index (Phi) is 7.80. The van der Waals surface area contributed by atoms with Crippen LogP contribution in [0.25, 0.3) is 0 Å². The molecule has 0 heterocycles. The van der Waals surface area contributed by atoms with E-state index in [1.165, 1.54) is 5.56 Å². The third-order valence-electron chi connectivity index (χ3n) is 4.39. The smallest absolute Gasteiger partial charge is 0.230 e. The molecule has 1 amide bonds. The van der Waals surface area contributed by atoms with Gasteiger partial charge in [-0.15, -0.1) is 0 Å². The summed E-state index contributed by atoms with van der Waals surface area (Å²) in [6.45, 7) is 0.608. The van der Waals surface area contributed by atoms with E-state index in [-0.39, 0.29) is 17.4 Å². The fraction of sp³-hybridized carbons (Fsp3) is 0.167. The number of hydrogen-bond donors (Lipinski definition) is 2. The molecular weight excluding hydrogens is 396 g/mol. The molecule has 2 N–H and O–H groups in total. The second-order valence-corrected chi connectivity index (χ2v) is 7.04. The molecule has 3 aromatic carbocycles. The highest BCUT2D eigenvalue weighted by Gasteiger charge is 2.07. The van der Waals surface area contributed by atoms with Gasteiger partial charge in [0.25, 0.3) is 0 Å². The van der Waals surface area contributed by atoms with Crippen LogP contribution in [0.15, 0.2) is 78.9 Å². The topological polar surface area (TPSA) is 59.6 Å². The van der Waals surface area contributed by atoms with Crippen LogP contribution < -0.4 is 20.1 Å². The van der Waals surface area contributed by atoms with E-state index in [1.54, 1.807) is 7.11 Å². The summed E-state index contributed by atoms with van der Waals surface area (Å²) >= 11 is 5.23. The lowest BCUT2D eigenvalue weighted by atomic mass is 10.1. The molecule has 0 atom stereocenters. The number of amides is 1. The first kappa shape index (κ1) is 21.3. The molecule has 30 heavy (non-hydrogen) atoms. The number of nitrogens with one attached hydrogen (secondary N) is 2. The number of methoxy groups -OCH3 is 1. The summed E-state index contributed by atoms with van der Waals surface area (Å²) in [5, 5.41) is 5.96. The Morgan fingerprint density at radius 1 is 0.867 bits per heavy atom. The lowest BCUT2D eigenvalue weighted by Gasteiger charge is -2.11. The van der Waals surface area contributed by atoms with Crippen molar-refractivity contribution in [3.05, 3.63) is 90.0 Å². The summed E-state index contributed by atoms with van der Waals surface area (Å²) in [7, 11) is 1.61. The Balaban J connectivity index is 1.41. The first-order chi connectivity index (χ1) is 14.6.